The van der Waals surface area contributed by atoms with Crippen molar-refractivity contribution in [1.29, 1.82) is 0 Å². The molecule has 0 aliphatic carbocycles. The van der Waals surface area contributed by atoms with Gasteiger partial charge in [0.2, 0.25) is 0 Å². The molecular weight excluding hydrogens is 378 g/mol. The van der Waals surface area contributed by atoms with Gasteiger partial charge in [-0.3, -0.25) is 0 Å². The molecule has 10 rings (SSSR count). The summed E-state index contributed by atoms with van der Waals surface area (Å²) >= 11 is -3.39. The third-order valence-electron chi connectivity index (χ3n) is 23.2. The summed E-state index contributed by atoms with van der Waals surface area (Å²) in [6.45, 7) is 4.90. The Hall–Kier alpha value is 1.46. The molecule has 0 N–H and O–H groups in total. The van der Waals surface area contributed by atoms with Gasteiger partial charge in [0, 0.05) is 0 Å². The van der Waals surface area contributed by atoms with Crippen LogP contribution >= 0.6 is 24.8 Å². The van der Waals surface area contributed by atoms with Crippen molar-refractivity contribution in [3.63, 3.8) is 0 Å². The van der Waals surface area contributed by atoms with E-state index in [1.165, 1.54) is 19.1 Å². The predicted molar refractivity (Wildman–Crippen MR) is 88.9 cm³/mol. The largest absolute Gasteiger partial charge is 0.147 e. The topological polar surface area (TPSA) is 0 Å². The first-order valence-corrected chi connectivity index (χ1v) is 23.9. The molecule has 3 heteroatoms. The Bertz CT molecular complexity index is 913. The number of unbranched alkanes of at least 4 members (excludes halogenated alkanes) is 2. The molecule has 4 unspecified atom stereocenters. The molecule has 10 aliphatic rings. The van der Waals surface area contributed by atoms with Crippen LogP contribution in [0, 0.1) is 0 Å². The summed E-state index contributed by atoms with van der Waals surface area (Å²) in [6, 6.07) is 0. The standard InChI is InChI=1S/C13H21.C5H5.2ClH.Zr/c1-3-5-8-12-10-7-11-13(12)9-6-4-2;1-2-4-5-3-1;;;/h7,10-11H,3-6,8-9H2,1-2H3;1-5H;2*1H;. The molecule has 0 amide bonds. The molecule has 0 nitrogen and oxygen atoms in total. The molecule has 21 heavy (non-hydrogen) atoms. The molecule has 0 aromatic rings. The Labute approximate surface area is 123 Å². The SMILES string of the molecule is CCCC[C]12[CH]3[CH]4[CH]5[C]1(CCCC)[Zr]43521678[CH]2[CH]1[CH]6[CH]7[CH]28.Cl.Cl. The van der Waals surface area contributed by atoms with E-state index < -0.39 is 11.4 Å². The molecule has 0 bridgehead atoms. The van der Waals surface area contributed by atoms with Gasteiger partial charge in [0.1, 0.15) is 0 Å². The van der Waals surface area contributed by atoms with Gasteiger partial charge < -0.3 is 0 Å². The van der Waals surface area contributed by atoms with Crippen LogP contribution in [0.15, 0.2) is 0 Å². The van der Waals surface area contributed by atoms with Gasteiger partial charge in [-0.2, -0.15) is 0 Å². The van der Waals surface area contributed by atoms with Gasteiger partial charge in [0.15, 0.2) is 0 Å². The van der Waals surface area contributed by atoms with Crippen LogP contribution in [0.2, 0.25) is 35.3 Å². The van der Waals surface area contributed by atoms with Crippen LogP contribution in [-0.4, -0.2) is 0 Å². The minimum Gasteiger partial charge on any atom is -0.147 e. The van der Waals surface area contributed by atoms with E-state index in [2.05, 4.69) is 13.8 Å². The second kappa shape index (κ2) is 1.15. The third kappa shape index (κ3) is 0.143. The van der Waals surface area contributed by atoms with Gasteiger partial charge in [0.05, 0.1) is 0 Å². The second-order valence-corrected chi connectivity index (χ2v) is 67.5. The van der Waals surface area contributed by atoms with Crippen LogP contribution in [0.4, 0.5) is 0 Å². The van der Waals surface area contributed by atoms with Crippen molar-refractivity contribution in [2.45, 2.75) is 87.6 Å². The fourth-order valence-electron chi connectivity index (χ4n) is 28.2. The maximum atomic E-state index is 2.45. The molecule has 10 fully saturated rings. The van der Waals surface area contributed by atoms with E-state index in [0.29, 0.717) is 0 Å². The summed E-state index contributed by atoms with van der Waals surface area (Å²) in [6.07, 6.45) is 9.79. The Balaban J connectivity index is 0.000000436. The molecule has 4 atom stereocenters. The first kappa shape index (κ1) is 11.9. The molecule has 1 spiro atoms. The Morgan fingerprint density at radius 2 is 1.05 bits per heavy atom. The number of hydrogen-bond acceptors (Lipinski definition) is 0. The normalized spacial score (nSPS) is 101. The van der Waals surface area contributed by atoms with E-state index in [0.717, 1.165) is 0 Å². The Morgan fingerprint density at radius 1 is 0.667 bits per heavy atom. The van der Waals surface area contributed by atoms with Crippen molar-refractivity contribution in [3.05, 3.63) is 0 Å². The van der Waals surface area contributed by atoms with Crippen molar-refractivity contribution in [3.8, 4) is 0 Å². The van der Waals surface area contributed by atoms with E-state index in [9.17, 15) is 0 Å². The molecule has 0 aromatic carbocycles. The maximum absolute atomic E-state index is 3.39. The predicted octanol–water partition coefficient (Wildman–Crippen LogP) is 7.34. The van der Waals surface area contributed by atoms with Gasteiger partial charge in [-0.15, -0.1) is 24.8 Å². The zero-order chi connectivity index (χ0) is 12.2. The van der Waals surface area contributed by atoms with Crippen molar-refractivity contribution in [2.75, 3.05) is 0 Å². The average molecular weight is 407 g/mol. The summed E-state index contributed by atoms with van der Waals surface area (Å²) < 4.78 is 15.0. The fraction of sp³-hybridized carbons (Fsp3) is 1.00. The molecular formula is C18H28Cl2Zr. The summed E-state index contributed by atoms with van der Waals surface area (Å²) in [5.41, 5.74) is 0. The van der Waals surface area contributed by atoms with Crippen LogP contribution in [0.5, 0.6) is 0 Å². The number of fused-ring (bicyclic) bond motifs is 10. The molecule has 10 aliphatic heterocycles. The average Bonchev–Trinajstić information content (AvgIpc) is 3.36. The van der Waals surface area contributed by atoms with Crippen molar-refractivity contribution >= 4 is 24.8 Å². The van der Waals surface area contributed by atoms with Crippen LogP contribution in [0.3, 0.4) is 0 Å². The van der Waals surface area contributed by atoms with Crippen LogP contribution in [0.1, 0.15) is 52.4 Å². The van der Waals surface area contributed by atoms with Crippen molar-refractivity contribution in [2.24, 2.45) is 0 Å². The molecule has 0 saturated carbocycles. The van der Waals surface area contributed by atoms with Crippen LogP contribution < -0.4 is 0 Å². The summed E-state index contributed by atoms with van der Waals surface area (Å²) in [5.74, 6) is 0. The van der Waals surface area contributed by atoms with Crippen molar-refractivity contribution in [1.82, 2.24) is 0 Å². The number of halogens is 2. The second-order valence-electron chi connectivity index (χ2n) is 15.4. The van der Waals surface area contributed by atoms with Crippen LogP contribution in [0.25, 0.3) is 0 Å². The zero-order valence-corrected chi connectivity index (χ0v) is 17.3. The number of hydrogen-bond donors (Lipinski definition) is 0. The van der Waals surface area contributed by atoms with E-state index in [-0.39, 0.29) is 24.8 Å². The van der Waals surface area contributed by atoms with E-state index in [1.54, 1.807) is 54.7 Å². The summed E-state index contributed by atoms with van der Waals surface area (Å²) in [7, 11) is 0. The summed E-state index contributed by atoms with van der Waals surface area (Å²) in [4.78, 5) is 0. The smallest absolute Gasteiger partial charge is 0.147 e. The first-order valence-electron chi connectivity index (χ1n) is 10.1. The van der Waals surface area contributed by atoms with Gasteiger partial charge in [-0.25, -0.2) is 0 Å². The molecule has 0 aromatic heterocycles. The van der Waals surface area contributed by atoms with Gasteiger partial charge in [-0.1, -0.05) is 0 Å². The van der Waals surface area contributed by atoms with Gasteiger partial charge in [0.25, 0.3) is 0 Å². The summed E-state index contributed by atoms with van der Waals surface area (Å²) in [5, 5.41) is 0. The third-order valence-corrected chi connectivity index (χ3v) is 121. The Morgan fingerprint density at radius 3 is 1.29 bits per heavy atom. The van der Waals surface area contributed by atoms with Gasteiger partial charge in [-0.05, 0) is 0 Å². The minimum absolute atomic E-state index is 0. The Kier molecular flexibility index (Phi) is 0.652. The van der Waals surface area contributed by atoms with E-state index >= 15 is 0 Å². The molecule has 10 heterocycles. The molecule has 10 saturated heterocycles. The minimum atomic E-state index is -3.39. The molecule has 0 radical (unpaired) electrons. The van der Waals surface area contributed by atoms with E-state index in [4.69, 9.17) is 0 Å². The molecule has 118 valence electrons. The van der Waals surface area contributed by atoms with Crippen molar-refractivity contribution < 1.29 is 11.4 Å². The fourth-order valence-corrected chi connectivity index (χ4v) is 260. The van der Waals surface area contributed by atoms with E-state index in [1.807, 2.05) is 0 Å². The first-order chi connectivity index (χ1) is 9.06. The van der Waals surface area contributed by atoms with Gasteiger partial charge >= 0.3 is 99.0 Å². The maximum Gasteiger partial charge on any atom is -0.147 e. The zero-order valence-electron chi connectivity index (χ0n) is 13.2. The number of rotatable bonds is 6. The quantitative estimate of drug-likeness (QED) is 0.433. The monoisotopic (exact) mass is 404 g/mol. The van der Waals surface area contributed by atoms with Crippen LogP contribution in [-0.2, 0) is 11.4 Å².